The van der Waals surface area contributed by atoms with Crippen molar-refractivity contribution in [3.63, 3.8) is 0 Å². The van der Waals surface area contributed by atoms with E-state index in [9.17, 15) is 18.3 Å². The van der Waals surface area contributed by atoms with E-state index in [0.717, 1.165) is 12.1 Å². The van der Waals surface area contributed by atoms with Gasteiger partial charge in [-0.2, -0.15) is 13.2 Å². The fourth-order valence-electron chi connectivity index (χ4n) is 1.95. The quantitative estimate of drug-likeness (QED) is 0.934. The summed E-state index contributed by atoms with van der Waals surface area (Å²) in [6.45, 7) is 0. The van der Waals surface area contributed by atoms with Gasteiger partial charge in [0.1, 0.15) is 0 Å². The summed E-state index contributed by atoms with van der Waals surface area (Å²) in [4.78, 5) is 0. The molecule has 0 bridgehead atoms. The van der Waals surface area contributed by atoms with E-state index in [1.54, 1.807) is 19.3 Å². The number of aliphatic hydroxyl groups excluding tert-OH is 1. The summed E-state index contributed by atoms with van der Waals surface area (Å²) in [5.74, 6) is 0. The Kier molecular flexibility index (Phi) is 4.08. The second kappa shape index (κ2) is 5.62. The zero-order valence-electron chi connectivity index (χ0n) is 10.8. The predicted molar refractivity (Wildman–Crippen MR) is 65.9 cm³/mol. The first-order valence-electron chi connectivity index (χ1n) is 6.04. The van der Waals surface area contributed by atoms with Crippen molar-refractivity contribution in [3.05, 3.63) is 47.3 Å². The van der Waals surface area contributed by atoms with Crippen LogP contribution in [0.15, 0.2) is 30.5 Å². The molecule has 0 aliphatic rings. The van der Waals surface area contributed by atoms with E-state index in [1.165, 1.54) is 10.7 Å². The third-order valence-corrected chi connectivity index (χ3v) is 2.82. The SMILES string of the molecule is Cn1cc(CC(O)Cc2cccc(C(F)(F)F)c2)nn1. The predicted octanol–water partition coefficient (Wildman–Crippen LogP) is 1.98. The first-order chi connectivity index (χ1) is 9.34. The van der Waals surface area contributed by atoms with Crippen molar-refractivity contribution in [1.82, 2.24) is 15.0 Å². The van der Waals surface area contributed by atoms with Crippen LogP contribution < -0.4 is 0 Å². The van der Waals surface area contributed by atoms with Gasteiger partial charge in [0.05, 0.1) is 17.4 Å². The molecule has 1 heterocycles. The smallest absolute Gasteiger partial charge is 0.392 e. The van der Waals surface area contributed by atoms with E-state index in [1.807, 2.05) is 0 Å². The summed E-state index contributed by atoms with van der Waals surface area (Å²) in [5, 5.41) is 17.5. The number of halogens is 3. The van der Waals surface area contributed by atoms with E-state index in [-0.39, 0.29) is 12.8 Å². The first kappa shape index (κ1) is 14.5. The number of hydrogen-bond donors (Lipinski definition) is 1. The number of aromatic nitrogens is 3. The fraction of sp³-hybridized carbons (Fsp3) is 0.385. The van der Waals surface area contributed by atoms with Crippen LogP contribution in [0.5, 0.6) is 0 Å². The minimum atomic E-state index is -4.37. The lowest BCUT2D eigenvalue weighted by Crippen LogP contribution is -2.15. The van der Waals surface area contributed by atoms with Crippen molar-refractivity contribution in [2.45, 2.75) is 25.1 Å². The molecule has 1 aromatic heterocycles. The molecule has 0 spiro atoms. The van der Waals surface area contributed by atoms with Crippen molar-refractivity contribution >= 4 is 0 Å². The molecule has 1 aromatic carbocycles. The molecule has 0 radical (unpaired) electrons. The lowest BCUT2D eigenvalue weighted by Gasteiger charge is -2.11. The number of rotatable bonds is 4. The molecule has 0 amide bonds. The van der Waals surface area contributed by atoms with Crippen molar-refractivity contribution in [1.29, 1.82) is 0 Å². The highest BCUT2D eigenvalue weighted by atomic mass is 19.4. The van der Waals surface area contributed by atoms with Crippen LogP contribution >= 0.6 is 0 Å². The first-order valence-corrected chi connectivity index (χ1v) is 6.04. The molecular formula is C13H14F3N3O. The van der Waals surface area contributed by atoms with Crippen molar-refractivity contribution in [2.24, 2.45) is 7.05 Å². The van der Waals surface area contributed by atoms with Crippen LogP contribution in [0.25, 0.3) is 0 Å². The number of hydrogen-bond acceptors (Lipinski definition) is 3. The standard InChI is InChI=1S/C13H14F3N3O/c1-19-8-11(17-18-19)7-12(20)6-9-3-2-4-10(5-9)13(14,15)16/h2-5,8,12,20H,6-7H2,1H3. The van der Waals surface area contributed by atoms with Gasteiger partial charge in [0, 0.05) is 19.7 Å². The maximum absolute atomic E-state index is 12.6. The molecule has 0 aliphatic carbocycles. The summed E-state index contributed by atoms with van der Waals surface area (Å²) < 4.78 is 39.2. The van der Waals surface area contributed by atoms with Gasteiger partial charge >= 0.3 is 6.18 Å². The van der Waals surface area contributed by atoms with E-state index in [0.29, 0.717) is 11.3 Å². The largest absolute Gasteiger partial charge is 0.416 e. The van der Waals surface area contributed by atoms with Gasteiger partial charge in [-0.15, -0.1) is 5.10 Å². The molecule has 2 rings (SSSR count). The zero-order chi connectivity index (χ0) is 14.8. The molecule has 1 atom stereocenters. The number of benzene rings is 1. The Labute approximate surface area is 113 Å². The Morgan fingerprint density at radius 3 is 2.65 bits per heavy atom. The molecule has 0 saturated carbocycles. The Hall–Kier alpha value is -1.89. The van der Waals surface area contributed by atoms with Crippen LogP contribution in [0.2, 0.25) is 0 Å². The molecule has 0 saturated heterocycles. The summed E-state index contributed by atoms with van der Waals surface area (Å²) in [6, 6.07) is 4.97. The molecule has 0 fully saturated rings. The molecule has 2 aromatic rings. The molecule has 20 heavy (non-hydrogen) atoms. The summed E-state index contributed by atoms with van der Waals surface area (Å²) >= 11 is 0. The van der Waals surface area contributed by atoms with Crippen LogP contribution in [0.4, 0.5) is 13.2 Å². The maximum atomic E-state index is 12.6. The number of alkyl halides is 3. The van der Waals surface area contributed by atoms with Crippen molar-refractivity contribution in [3.8, 4) is 0 Å². The minimum absolute atomic E-state index is 0.139. The Morgan fingerprint density at radius 1 is 1.30 bits per heavy atom. The van der Waals surface area contributed by atoms with Crippen molar-refractivity contribution in [2.75, 3.05) is 0 Å². The van der Waals surface area contributed by atoms with Crippen LogP contribution in [0.3, 0.4) is 0 Å². The van der Waals surface area contributed by atoms with Crippen LogP contribution in [0.1, 0.15) is 16.8 Å². The molecule has 4 nitrogen and oxygen atoms in total. The normalized spacial score (nSPS) is 13.4. The topological polar surface area (TPSA) is 50.9 Å². The van der Waals surface area contributed by atoms with Crippen molar-refractivity contribution < 1.29 is 18.3 Å². The highest BCUT2D eigenvalue weighted by Gasteiger charge is 2.30. The summed E-state index contributed by atoms with van der Waals surface area (Å²) in [5.41, 5.74) is 0.338. The lowest BCUT2D eigenvalue weighted by molar-refractivity contribution is -0.137. The molecule has 1 N–H and O–H groups in total. The van der Waals surface area contributed by atoms with Crippen LogP contribution in [-0.4, -0.2) is 26.2 Å². The average molecular weight is 285 g/mol. The van der Waals surface area contributed by atoms with Gasteiger partial charge in [0.15, 0.2) is 0 Å². The molecule has 1 unspecified atom stereocenters. The second-order valence-corrected chi connectivity index (χ2v) is 4.64. The van der Waals surface area contributed by atoms with E-state index >= 15 is 0 Å². The molecule has 0 aliphatic heterocycles. The molecular weight excluding hydrogens is 271 g/mol. The monoisotopic (exact) mass is 285 g/mol. The Balaban J connectivity index is 2.02. The van der Waals surface area contributed by atoms with E-state index in [4.69, 9.17) is 0 Å². The molecule has 108 valence electrons. The van der Waals surface area contributed by atoms with Gasteiger partial charge in [0.25, 0.3) is 0 Å². The van der Waals surface area contributed by atoms with Gasteiger partial charge in [-0.3, -0.25) is 4.68 Å². The second-order valence-electron chi connectivity index (χ2n) is 4.64. The van der Waals surface area contributed by atoms with Gasteiger partial charge in [0.2, 0.25) is 0 Å². The van der Waals surface area contributed by atoms with E-state index in [2.05, 4.69) is 10.3 Å². The van der Waals surface area contributed by atoms with Gasteiger partial charge in [-0.25, -0.2) is 0 Å². The average Bonchev–Trinajstić information content (AvgIpc) is 2.73. The summed E-state index contributed by atoms with van der Waals surface area (Å²) in [6.07, 6.45) is -3.11. The number of nitrogens with zero attached hydrogens (tertiary/aromatic N) is 3. The van der Waals surface area contributed by atoms with Gasteiger partial charge in [-0.05, 0) is 18.1 Å². The minimum Gasteiger partial charge on any atom is -0.392 e. The Bertz CT molecular complexity index is 580. The number of aryl methyl sites for hydroxylation is 1. The summed E-state index contributed by atoms with van der Waals surface area (Å²) in [7, 11) is 1.70. The number of aliphatic hydroxyl groups is 1. The van der Waals surface area contributed by atoms with Crippen LogP contribution in [0, 0.1) is 0 Å². The maximum Gasteiger partial charge on any atom is 0.416 e. The highest BCUT2D eigenvalue weighted by Crippen LogP contribution is 2.29. The molecule has 7 heteroatoms. The van der Waals surface area contributed by atoms with Gasteiger partial charge < -0.3 is 5.11 Å². The van der Waals surface area contributed by atoms with Gasteiger partial charge in [-0.1, -0.05) is 23.4 Å². The fourth-order valence-corrected chi connectivity index (χ4v) is 1.95. The van der Waals surface area contributed by atoms with E-state index < -0.39 is 17.8 Å². The third kappa shape index (κ3) is 3.80. The Morgan fingerprint density at radius 2 is 2.05 bits per heavy atom. The zero-order valence-corrected chi connectivity index (χ0v) is 10.8. The highest BCUT2D eigenvalue weighted by molar-refractivity contribution is 5.26. The lowest BCUT2D eigenvalue weighted by atomic mass is 10.0. The van der Waals surface area contributed by atoms with Crippen LogP contribution in [-0.2, 0) is 26.1 Å². The third-order valence-electron chi connectivity index (χ3n) is 2.82.